The number of hydrogen-bond donors (Lipinski definition) is 3. The fourth-order valence-corrected chi connectivity index (χ4v) is 3.57. The van der Waals surface area contributed by atoms with Crippen LogP contribution in [0.4, 0.5) is 11.4 Å². The Labute approximate surface area is 202 Å². The van der Waals surface area contributed by atoms with Gasteiger partial charge in [-0.3, -0.25) is 4.79 Å². The smallest absolute Gasteiger partial charge is 0.345 e. The number of ether oxygens (including phenoxy) is 2. The highest BCUT2D eigenvalue weighted by Gasteiger charge is 2.16. The van der Waals surface area contributed by atoms with Crippen molar-refractivity contribution in [1.82, 2.24) is 4.98 Å². The molecule has 1 aromatic heterocycles. The van der Waals surface area contributed by atoms with Gasteiger partial charge in [0, 0.05) is 34.9 Å². The minimum Gasteiger partial charge on any atom is -0.462 e. The van der Waals surface area contributed by atoms with Crippen LogP contribution in [0.2, 0.25) is 0 Å². The minimum absolute atomic E-state index is 0.137. The Kier molecular flexibility index (Phi) is 7.11. The molecule has 0 aliphatic carbocycles. The van der Waals surface area contributed by atoms with Gasteiger partial charge in [0.15, 0.2) is 0 Å². The topological polar surface area (TPSA) is 124 Å². The van der Waals surface area contributed by atoms with Crippen LogP contribution in [0.15, 0.2) is 72.9 Å². The van der Waals surface area contributed by atoms with E-state index in [2.05, 4.69) is 10.3 Å². The van der Waals surface area contributed by atoms with Gasteiger partial charge in [-0.2, -0.15) is 0 Å². The Hall–Kier alpha value is -4.59. The van der Waals surface area contributed by atoms with Crippen LogP contribution in [0.25, 0.3) is 10.9 Å². The van der Waals surface area contributed by atoms with E-state index in [9.17, 15) is 14.4 Å². The van der Waals surface area contributed by atoms with Gasteiger partial charge in [-0.25, -0.2) is 9.59 Å². The molecule has 1 amide bonds. The summed E-state index contributed by atoms with van der Waals surface area (Å²) in [5, 5.41) is 3.49. The molecule has 0 unspecified atom stereocenters. The zero-order valence-corrected chi connectivity index (χ0v) is 19.2. The Morgan fingerprint density at radius 2 is 1.69 bits per heavy atom. The van der Waals surface area contributed by atoms with Gasteiger partial charge in [-0.05, 0) is 73.5 Å². The van der Waals surface area contributed by atoms with Crippen molar-refractivity contribution in [2.75, 3.05) is 17.7 Å². The van der Waals surface area contributed by atoms with Crippen LogP contribution in [0.5, 0.6) is 5.75 Å². The summed E-state index contributed by atoms with van der Waals surface area (Å²) in [5.74, 6) is -0.843. The summed E-state index contributed by atoms with van der Waals surface area (Å²) in [7, 11) is 0. The average molecular weight is 472 g/mol. The average Bonchev–Trinajstić information content (AvgIpc) is 3.28. The molecule has 178 valence electrons. The number of nitrogens with one attached hydrogen (secondary N) is 2. The van der Waals surface area contributed by atoms with Gasteiger partial charge < -0.3 is 25.5 Å². The molecular weight excluding hydrogens is 446 g/mol. The van der Waals surface area contributed by atoms with Crippen molar-refractivity contribution in [3.8, 4) is 5.75 Å². The van der Waals surface area contributed by atoms with Gasteiger partial charge >= 0.3 is 11.9 Å². The predicted octanol–water partition coefficient (Wildman–Crippen LogP) is 4.72. The van der Waals surface area contributed by atoms with Crippen molar-refractivity contribution < 1.29 is 23.9 Å². The Morgan fingerprint density at radius 1 is 0.943 bits per heavy atom. The zero-order valence-electron chi connectivity index (χ0n) is 19.2. The fourth-order valence-electron chi connectivity index (χ4n) is 3.57. The minimum atomic E-state index is -0.563. The van der Waals surface area contributed by atoms with E-state index in [-0.39, 0.29) is 12.5 Å². The lowest BCUT2D eigenvalue weighted by molar-refractivity contribution is -0.116. The number of amides is 1. The third kappa shape index (κ3) is 5.86. The molecule has 0 aliphatic heterocycles. The van der Waals surface area contributed by atoms with Crippen molar-refractivity contribution in [2.24, 2.45) is 0 Å². The van der Waals surface area contributed by atoms with Gasteiger partial charge in [-0.1, -0.05) is 12.1 Å². The first kappa shape index (κ1) is 23.6. The fraction of sp³-hybridized carbons (Fsp3) is 0.148. The summed E-state index contributed by atoms with van der Waals surface area (Å²) in [5.41, 5.74) is 9.40. The van der Waals surface area contributed by atoms with Crippen molar-refractivity contribution in [1.29, 1.82) is 0 Å². The maximum Gasteiger partial charge on any atom is 0.345 e. The van der Waals surface area contributed by atoms with Crippen molar-refractivity contribution in [3.63, 3.8) is 0 Å². The maximum atomic E-state index is 12.8. The number of esters is 2. The summed E-state index contributed by atoms with van der Waals surface area (Å²) in [4.78, 5) is 40.0. The van der Waals surface area contributed by atoms with Crippen LogP contribution >= 0.6 is 0 Å². The molecule has 0 bridgehead atoms. The van der Waals surface area contributed by atoms with Gasteiger partial charge in [-0.15, -0.1) is 0 Å². The Bertz CT molecular complexity index is 1360. The summed E-state index contributed by atoms with van der Waals surface area (Å²) in [6.45, 7) is 2.01. The first-order valence-electron chi connectivity index (χ1n) is 11.2. The van der Waals surface area contributed by atoms with Crippen LogP contribution in [0.1, 0.15) is 39.6 Å². The number of nitrogens with two attached hydrogens (primary N) is 1. The summed E-state index contributed by atoms with van der Waals surface area (Å²) >= 11 is 0. The third-order valence-corrected chi connectivity index (χ3v) is 5.38. The molecule has 4 rings (SSSR count). The molecule has 0 fully saturated rings. The number of carbonyl (C=O) groups is 3. The molecule has 0 saturated heterocycles. The number of aromatic amines is 1. The molecule has 3 aromatic carbocycles. The van der Waals surface area contributed by atoms with E-state index in [1.807, 2.05) is 24.3 Å². The van der Waals surface area contributed by atoms with E-state index < -0.39 is 11.9 Å². The molecule has 8 nitrogen and oxygen atoms in total. The molecule has 0 spiro atoms. The zero-order chi connectivity index (χ0) is 24.8. The number of aromatic nitrogens is 1. The SMILES string of the molecule is CCOC(=O)c1ccc(OC(=O)c2c[nH]c3ccc(NC(=O)CCc4ccc(N)cc4)cc23)cc1. The van der Waals surface area contributed by atoms with Crippen LogP contribution in [0, 0.1) is 0 Å². The van der Waals surface area contributed by atoms with Crippen LogP contribution in [-0.2, 0) is 16.0 Å². The van der Waals surface area contributed by atoms with E-state index in [1.54, 1.807) is 31.3 Å². The van der Waals surface area contributed by atoms with Crippen molar-refractivity contribution in [2.45, 2.75) is 19.8 Å². The second-order valence-electron chi connectivity index (χ2n) is 7.89. The molecule has 4 aromatic rings. The Balaban J connectivity index is 1.41. The highest BCUT2D eigenvalue weighted by molar-refractivity contribution is 6.06. The maximum absolute atomic E-state index is 12.8. The van der Waals surface area contributed by atoms with Crippen LogP contribution < -0.4 is 15.8 Å². The lowest BCUT2D eigenvalue weighted by Gasteiger charge is -2.07. The number of aryl methyl sites for hydroxylation is 1. The third-order valence-electron chi connectivity index (χ3n) is 5.38. The van der Waals surface area contributed by atoms with E-state index in [1.165, 1.54) is 24.3 Å². The standard InChI is InChI=1S/C27H25N3O5/c1-2-34-26(32)18-6-11-21(12-7-18)35-27(33)23-16-29-24-13-10-20(15-22(23)24)30-25(31)14-5-17-3-8-19(28)9-4-17/h3-4,6-13,15-16,29H,2,5,14,28H2,1H3,(H,30,31). The Morgan fingerprint density at radius 3 is 2.40 bits per heavy atom. The number of benzene rings is 3. The lowest BCUT2D eigenvalue weighted by Crippen LogP contribution is -2.12. The second-order valence-corrected chi connectivity index (χ2v) is 7.89. The van der Waals surface area contributed by atoms with Gasteiger partial charge in [0.25, 0.3) is 0 Å². The number of carbonyl (C=O) groups excluding carboxylic acids is 3. The quantitative estimate of drug-likeness (QED) is 0.194. The molecule has 0 aliphatic rings. The van der Waals surface area contributed by atoms with E-state index in [4.69, 9.17) is 15.2 Å². The first-order valence-corrected chi connectivity index (χ1v) is 11.2. The van der Waals surface area contributed by atoms with Gasteiger partial charge in [0.05, 0.1) is 17.7 Å². The highest BCUT2D eigenvalue weighted by atomic mass is 16.5. The number of anilines is 2. The second kappa shape index (κ2) is 10.6. The molecule has 1 heterocycles. The first-order chi connectivity index (χ1) is 16.9. The summed E-state index contributed by atoms with van der Waals surface area (Å²) in [6, 6.07) is 18.8. The molecule has 8 heteroatoms. The molecule has 35 heavy (non-hydrogen) atoms. The van der Waals surface area contributed by atoms with Crippen molar-refractivity contribution >= 4 is 40.1 Å². The van der Waals surface area contributed by atoms with E-state index in [0.717, 1.165) is 11.1 Å². The highest BCUT2D eigenvalue weighted by Crippen LogP contribution is 2.24. The van der Waals surface area contributed by atoms with E-state index in [0.29, 0.717) is 46.5 Å². The van der Waals surface area contributed by atoms with Gasteiger partial charge in [0.1, 0.15) is 5.75 Å². The number of fused-ring (bicyclic) bond motifs is 1. The van der Waals surface area contributed by atoms with Crippen molar-refractivity contribution in [3.05, 3.63) is 89.6 Å². The van der Waals surface area contributed by atoms with Crippen LogP contribution in [0.3, 0.4) is 0 Å². The number of nitrogen functional groups attached to an aromatic ring is 1. The summed E-state index contributed by atoms with van der Waals surface area (Å²) < 4.78 is 10.4. The van der Waals surface area contributed by atoms with E-state index >= 15 is 0 Å². The van der Waals surface area contributed by atoms with Gasteiger partial charge in [0.2, 0.25) is 5.91 Å². The van der Waals surface area contributed by atoms with Crippen LogP contribution in [-0.4, -0.2) is 29.4 Å². The molecule has 0 atom stereocenters. The molecule has 4 N–H and O–H groups in total. The monoisotopic (exact) mass is 471 g/mol. The number of hydrogen-bond acceptors (Lipinski definition) is 6. The molecule has 0 radical (unpaired) electrons. The molecular formula is C27H25N3O5. The predicted molar refractivity (Wildman–Crippen MR) is 133 cm³/mol. The molecule has 0 saturated carbocycles. The lowest BCUT2D eigenvalue weighted by atomic mass is 10.1. The number of H-pyrrole nitrogens is 1. The summed E-state index contributed by atoms with van der Waals surface area (Å²) in [6.07, 6.45) is 2.46. The largest absolute Gasteiger partial charge is 0.462 e. The number of rotatable bonds is 8. The normalized spacial score (nSPS) is 10.7.